The van der Waals surface area contributed by atoms with Crippen LogP contribution in [-0.4, -0.2) is 18.5 Å². The Balaban J connectivity index is 1.52. The van der Waals surface area contributed by atoms with Gasteiger partial charge in [0.25, 0.3) is 10.0 Å². The van der Waals surface area contributed by atoms with Gasteiger partial charge in [0.15, 0.2) is 10.2 Å². The molecule has 0 amide bonds. The molecule has 10 heteroatoms. The van der Waals surface area contributed by atoms with Crippen molar-refractivity contribution in [3.63, 3.8) is 0 Å². The Hall–Kier alpha value is -2.98. The number of hydrogen-bond donors (Lipinski definition) is 3. The fourth-order valence-electron chi connectivity index (χ4n) is 2.85. The number of benzene rings is 3. The molecule has 0 radical (unpaired) electrons. The van der Waals surface area contributed by atoms with Crippen molar-refractivity contribution >= 4 is 66.8 Å². The number of sulfonamides is 1. The molecule has 3 N–H and O–H groups in total. The van der Waals surface area contributed by atoms with E-state index >= 15 is 0 Å². The number of nitrogens with one attached hydrogen (secondary N) is 3. The van der Waals surface area contributed by atoms with Gasteiger partial charge in [-0.25, -0.2) is 13.4 Å². The normalized spacial score (nSPS) is 11.0. The zero-order valence-corrected chi connectivity index (χ0v) is 19.7. The lowest BCUT2D eigenvalue weighted by molar-refractivity contribution is 0.601. The van der Waals surface area contributed by atoms with Gasteiger partial charge in [0, 0.05) is 21.7 Å². The van der Waals surface area contributed by atoms with Crippen LogP contribution in [-0.2, 0) is 10.0 Å². The van der Waals surface area contributed by atoms with Crippen molar-refractivity contribution in [2.75, 3.05) is 15.4 Å². The van der Waals surface area contributed by atoms with Gasteiger partial charge in [0.2, 0.25) is 0 Å². The standard InChI is InChI=1S/C22H17ClN4O2S3/c23-15-10-12-17(13-11-15)32(28,29)27-19-9-5-4-8-18(19)20-14-31-22(25-20)26-21(30)24-16-6-2-1-3-7-16/h1-14,27H,(H2,24,25,26,30). The molecule has 0 unspecified atom stereocenters. The summed E-state index contributed by atoms with van der Waals surface area (Å²) in [6, 6.07) is 22.6. The fraction of sp³-hybridized carbons (Fsp3) is 0. The number of hydrogen-bond acceptors (Lipinski definition) is 5. The highest BCUT2D eigenvalue weighted by Gasteiger charge is 2.17. The van der Waals surface area contributed by atoms with Crippen molar-refractivity contribution in [3.05, 3.63) is 89.3 Å². The molecule has 0 aliphatic carbocycles. The number of thiocarbonyl (C=S) groups is 1. The molecule has 0 saturated heterocycles. The summed E-state index contributed by atoms with van der Waals surface area (Å²) >= 11 is 12.6. The van der Waals surface area contributed by atoms with E-state index in [2.05, 4.69) is 20.3 Å². The molecule has 3 aromatic carbocycles. The Labute approximate surface area is 200 Å². The van der Waals surface area contributed by atoms with E-state index in [9.17, 15) is 8.42 Å². The van der Waals surface area contributed by atoms with Gasteiger partial charge in [-0.1, -0.05) is 48.0 Å². The predicted molar refractivity (Wildman–Crippen MR) is 136 cm³/mol. The summed E-state index contributed by atoms with van der Waals surface area (Å²) in [6.07, 6.45) is 0. The fourth-order valence-corrected chi connectivity index (χ4v) is 5.05. The minimum absolute atomic E-state index is 0.120. The number of nitrogens with zero attached hydrogens (tertiary/aromatic N) is 1. The van der Waals surface area contributed by atoms with Crippen LogP contribution in [0.3, 0.4) is 0 Å². The third-order valence-electron chi connectivity index (χ3n) is 4.33. The number of aromatic nitrogens is 1. The molecule has 4 aromatic rings. The maximum absolute atomic E-state index is 12.8. The van der Waals surface area contributed by atoms with Crippen molar-refractivity contribution in [1.82, 2.24) is 4.98 Å². The first kappa shape index (κ1) is 22.2. The van der Waals surface area contributed by atoms with Crippen LogP contribution in [0, 0.1) is 0 Å². The summed E-state index contributed by atoms with van der Waals surface area (Å²) in [5, 5.41) is 9.44. The molecule has 162 valence electrons. The Morgan fingerprint density at radius 3 is 2.34 bits per heavy atom. The molecule has 0 spiro atoms. The van der Waals surface area contributed by atoms with Gasteiger partial charge < -0.3 is 10.6 Å². The minimum Gasteiger partial charge on any atom is -0.332 e. The van der Waals surface area contributed by atoms with Crippen LogP contribution in [0.4, 0.5) is 16.5 Å². The van der Waals surface area contributed by atoms with Crippen molar-refractivity contribution < 1.29 is 8.42 Å². The first-order chi connectivity index (χ1) is 15.4. The van der Waals surface area contributed by atoms with E-state index in [0.29, 0.717) is 32.2 Å². The quantitative estimate of drug-likeness (QED) is 0.278. The van der Waals surface area contributed by atoms with Gasteiger partial charge in [-0.15, -0.1) is 11.3 Å². The van der Waals surface area contributed by atoms with Crippen molar-refractivity contribution in [1.29, 1.82) is 0 Å². The molecular formula is C22H17ClN4O2S3. The second kappa shape index (κ2) is 9.66. The molecule has 0 fully saturated rings. The minimum atomic E-state index is -3.79. The highest BCUT2D eigenvalue weighted by molar-refractivity contribution is 7.92. The van der Waals surface area contributed by atoms with Gasteiger partial charge in [0.1, 0.15) is 0 Å². The molecular weight excluding hydrogens is 484 g/mol. The van der Waals surface area contributed by atoms with Crippen LogP contribution >= 0.6 is 35.2 Å². The Bertz CT molecular complexity index is 1340. The molecule has 0 aliphatic heterocycles. The summed E-state index contributed by atoms with van der Waals surface area (Å²) in [5.41, 5.74) is 2.55. The smallest absolute Gasteiger partial charge is 0.261 e. The van der Waals surface area contributed by atoms with Crippen molar-refractivity contribution in [3.8, 4) is 11.3 Å². The average Bonchev–Trinajstić information content (AvgIpc) is 3.23. The van der Waals surface area contributed by atoms with E-state index in [1.807, 2.05) is 41.8 Å². The Morgan fingerprint density at radius 2 is 1.59 bits per heavy atom. The predicted octanol–water partition coefficient (Wildman–Crippen LogP) is 6.07. The summed E-state index contributed by atoms with van der Waals surface area (Å²) in [7, 11) is -3.79. The van der Waals surface area contributed by atoms with Crippen LogP contribution < -0.4 is 15.4 Å². The highest BCUT2D eigenvalue weighted by Crippen LogP contribution is 2.32. The van der Waals surface area contributed by atoms with E-state index in [-0.39, 0.29) is 4.90 Å². The lowest BCUT2D eigenvalue weighted by Crippen LogP contribution is -2.18. The van der Waals surface area contributed by atoms with E-state index in [1.54, 1.807) is 18.2 Å². The summed E-state index contributed by atoms with van der Waals surface area (Å²) < 4.78 is 28.3. The lowest BCUT2D eigenvalue weighted by Gasteiger charge is -2.11. The molecule has 1 heterocycles. The van der Waals surface area contributed by atoms with E-state index in [0.717, 1.165) is 5.69 Å². The number of para-hydroxylation sites is 2. The molecule has 0 saturated carbocycles. The molecule has 1 aromatic heterocycles. The number of thiazole rings is 1. The van der Waals surface area contributed by atoms with Gasteiger partial charge in [-0.05, 0) is 54.7 Å². The third kappa shape index (κ3) is 5.43. The SMILES string of the molecule is O=S(=O)(Nc1ccccc1-c1csc(NC(=S)Nc2ccccc2)n1)c1ccc(Cl)cc1. The molecule has 32 heavy (non-hydrogen) atoms. The Kier molecular flexibility index (Phi) is 6.71. The maximum atomic E-state index is 12.8. The van der Waals surface area contributed by atoms with Crippen LogP contribution in [0.15, 0.2) is 89.1 Å². The van der Waals surface area contributed by atoms with Crippen LogP contribution in [0.1, 0.15) is 0 Å². The molecule has 6 nitrogen and oxygen atoms in total. The third-order valence-corrected chi connectivity index (χ3v) is 6.92. The molecule has 0 aliphatic rings. The van der Waals surface area contributed by atoms with Gasteiger partial charge in [-0.3, -0.25) is 4.72 Å². The average molecular weight is 501 g/mol. The van der Waals surface area contributed by atoms with Gasteiger partial charge >= 0.3 is 0 Å². The monoisotopic (exact) mass is 500 g/mol. The number of halogens is 1. The van der Waals surface area contributed by atoms with Gasteiger partial charge in [0.05, 0.1) is 16.3 Å². The van der Waals surface area contributed by atoms with Crippen molar-refractivity contribution in [2.24, 2.45) is 0 Å². The highest BCUT2D eigenvalue weighted by atomic mass is 35.5. The molecule has 0 atom stereocenters. The first-order valence-corrected chi connectivity index (χ1v) is 12.5. The Morgan fingerprint density at radius 1 is 0.906 bits per heavy atom. The van der Waals surface area contributed by atoms with Gasteiger partial charge in [-0.2, -0.15) is 0 Å². The van der Waals surface area contributed by atoms with Crippen LogP contribution in [0.2, 0.25) is 5.02 Å². The second-order valence-corrected chi connectivity index (χ2v) is 9.97. The number of anilines is 3. The van der Waals surface area contributed by atoms with Crippen molar-refractivity contribution in [2.45, 2.75) is 4.90 Å². The maximum Gasteiger partial charge on any atom is 0.261 e. The topological polar surface area (TPSA) is 83.1 Å². The summed E-state index contributed by atoms with van der Waals surface area (Å²) in [5.74, 6) is 0. The lowest BCUT2D eigenvalue weighted by atomic mass is 10.1. The summed E-state index contributed by atoms with van der Waals surface area (Å²) in [6.45, 7) is 0. The first-order valence-electron chi connectivity index (χ1n) is 9.37. The van der Waals surface area contributed by atoms with E-state index in [4.69, 9.17) is 23.8 Å². The largest absolute Gasteiger partial charge is 0.332 e. The number of rotatable bonds is 6. The van der Waals surface area contributed by atoms with Crippen LogP contribution in [0.5, 0.6) is 0 Å². The molecule has 0 bridgehead atoms. The second-order valence-electron chi connectivity index (χ2n) is 6.59. The zero-order chi connectivity index (χ0) is 22.6. The molecule has 4 rings (SSSR count). The zero-order valence-electron chi connectivity index (χ0n) is 16.4. The van der Waals surface area contributed by atoms with Crippen LogP contribution in [0.25, 0.3) is 11.3 Å². The summed E-state index contributed by atoms with van der Waals surface area (Å²) in [4.78, 5) is 4.68. The van der Waals surface area contributed by atoms with E-state index in [1.165, 1.54) is 35.6 Å². The van der Waals surface area contributed by atoms with E-state index < -0.39 is 10.0 Å².